The number of rotatable bonds is 13. The summed E-state index contributed by atoms with van der Waals surface area (Å²) in [6.45, 7) is 11.5. The van der Waals surface area contributed by atoms with Crippen LogP contribution in [0, 0.1) is 19.3 Å². The fraction of sp³-hybridized carbons (Fsp3) is 0.385. The van der Waals surface area contributed by atoms with Gasteiger partial charge in [-0.3, -0.25) is 14.7 Å². The SMILES string of the molecule is Cc1cccc(C)c1-c1cc(OC[C@@H](CC(C)(C)C)N(C)Cc2ccc(C3=CCCCC3)cn2)nc(NS(=O)(=O)c2cccc(C=O)c2)n1. The number of pyridine rings is 1. The lowest BCUT2D eigenvalue weighted by atomic mass is 9.88. The predicted molar refractivity (Wildman–Crippen MR) is 195 cm³/mol. The van der Waals surface area contributed by atoms with E-state index in [0.29, 0.717) is 25.1 Å². The maximum absolute atomic E-state index is 13.4. The van der Waals surface area contributed by atoms with E-state index in [0.717, 1.165) is 41.6 Å². The van der Waals surface area contributed by atoms with Gasteiger partial charge in [0, 0.05) is 36.0 Å². The molecule has 0 saturated carbocycles. The Labute approximate surface area is 290 Å². The molecular formula is C39H47N5O4S. The molecule has 2 heterocycles. The lowest BCUT2D eigenvalue weighted by Crippen LogP contribution is -2.39. The monoisotopic (exact) mass is 681 g/mol. The molecule has 9 nitrogen and oxygen atoms in total. The molecule has 0 saturated heterocycles. The Morgan fingerprint density at radius 2 is 1.76 bits per heavy atom. The summed E-state index contributed by atoms with van der Waals surface area (Å²) >= 11 is 0. The Balaban J connectivity index is 1.41. The van der Waals surface area contributed by atoms with Crippen molar-refractivity contribution in [3.05, 3.63) is 101 Å². The number of sulfonamides is 1. The topological polar surface area (TPSA) is 114 Å². The molecule has 0 radical (unpaired) electrons. The van der Waals surface area contributed by atoms with E-state index >= 15 is 0 Å². The number of likely N-dealkylation sites (N-methyl/N-ethyl adjacent to an activating group) is 1. The van der Waals surface area contributed by atoms with Gasteiger partial charge in [0.15, 0.2) is 0 Å². The quantitative estimate of drug-likeness (QED) is 0.141. The van der Waals surface area contributed by atoms with Crippen LogP contribution < -0.4 is 9.46 Å². The van der Waals surface area contributed by atoms with E-state index in [4.69, 9.17) is 9.72 Å². The van der Waals surface area contributed by atoms with Crippen molar-refractivity contribution < 1.29 is 17.9 Å². The van der Waals surface area contributed by atoms with Gasteiger partial charge in [-0.05, 0) is 98.9 Å². The van der Waals surface area contributed by atoms with Crippen LogP contribution in [0.2, 0.25) is 0 Å². The van der Waals surface area contributed by atoms with Gasteiger partial charge in [-0.1, -0.05) is 63.2 Å². The molecule has 0 aliphatic heterocycles. The standard InChI is InChI=1S/C39H47N5O4S/c1-27-12-10-13-28(2)37(27)35-21-36(42-38(41-35)43-49(46,47)34-17-11-14-29(20-34)25-45)48-26-33(22-39(3,4)5)44(6)24-32-19-18-31(23-40-32)30-15-8-7-9-16-30/h10-15,17-21,23,25,33H,7-9,16,22,24,26H2,1-6H3,(H,41,42,43)/t33-/m1/s1. The number of benzene rings is 2. The average molecular weight is 682 g/mol. The molecule has 0 bridgehead atoms. The van der Waals surface area contributed by atoms with Gasteiger partial charge in [0.1, 0.15) is 12.9 Å². The summed E-state index contributed by atoms with van der Waals surface area (Å²) in [6.07, 6.45) is 10.5. The summed E-state index contributed by atoms with van der Waals surface area (Å²) < 4.78 is 35.7. The minimum atomic E-state index is -4.10. The number of carbonyl (C=O) groups excluding carboxylic acids is 1. The number of carbonyl (C=O) groups is 1. The first-order chi connectivity index (χ1) is 23.3. The fourth-order valence-electron chi connectivity index (χ4n) is 6.25. The number of aryl methyl sites for hydroxylation is 2. The molecule has 0 spiro atoms. The van der Waals surface area contributed by atoms with Crippen molar-refractivity contribution in [2.45, 2.75) is 84.2 Å². The highest BCUT2D eigenvalue weighted by molar-refractivity contribution is 7.92. The van der Waals surface area contributed by atoms with E-state index in [1.165, 1.54) is 42.2 Å². The second-order valence-electron chi connectivity index (χ2n) is 14.1. The van der Waals surface area contributed by atoms with Gasteiger partial charge in [-0.15, -0.1) is 0 Å². The molecule has 10 heteroatoms. The largest absolute Gasteiger partial charge is 0.476 e. The lowest BCUT2D eigenvalue weighted by Gasteiger charge is -2.33. The Hall–Kier alpha value is -4.41. The maximum Gasteiger partial charge on any atom is 0.264 e. The fourth-order valence-corrected chi connectivity index (χ4v) is 7.25. The minimum absolute atomic E-state index is 0.00682. The number of allylic oxidation sites excluding steroid dienone is 2. The van der Waals surface area contributed by atoms with Crippen molar-refractivity contribution in [1.29, 1.82) is 0 Å². The third-order valence-corrected chi connectivity index (χ3v) is 10.1. The van der Waals surface area contributed by atoms with Gasteiger partial charge in [-0.25, -0.2) is 18.1 Å². The van der Waals surface area contributed by atoms with Crippen LogP contribution >= 0.6 is 0 Å². The number of hydrogen-bond acceptors (Lipinski definition) is 8. The van der Waals surface area contributed by atoms with Gasteiger partial charge >= 0.3 is 0 Å². The van der Waals surface area contributed by atoms with Crippen molar-refractivity contribution in [3.63, 3.8) is 0 Å². The smallest absolute Gasteiger partial charge is 0.264 e. The van der Waals surface area contributed by atoms with Gasteiger partial charge < -0.3 is 4.74 Å². The first kappa shape index (κ1) is 35.9. The normalized spacial score (nSPS) is 14.3. The molecule has 258 valence electrons. The Kier molecular flexibility index (Phi) is 11.3. The zero-order chi connectivity index (χ0) is 35.2. The van der Waals surface area contributed by atoms with Crippen molar-refractivity contribution in [1.82, 2.24) is 19.9 Å². The molecule has 0 unspecified atom stereocenters. The number of hydrogen-bond donors (Lipinski definition) is 1. The summed E-state index contributed by atoms with van der Waals surface area (Å²) in [4.78, 5) is 27.5. The molecule has 1 N–H and O–H groups in total. The number of nitrogens with zero attached hydrogens (tertiary/aromatic N) is 4. The molecule has 49 heavy (non-hydrogen) atoms. The van der Waals surface area contributed by atoms with Crippen molar-refractivity contribution in [2.24, 2.45) is 5.41 Å². The first-order valence-corrected chi connectivity index (χ1v) is 18.3. The van der Waals surface area contributed by atoms with Gasteiger partial charge in [-0.2, -0.15) is 4.98 Å². The molecule has 2 aromatic heterocycles. The maximum atomic E-state index is 13.4. The molecule has 5 rings (SSSR count). The van der Waals surface area contributed by atoms with Crippen LogP contribution in [0.3, 0.4) is 0 Å². The molecule has 4 aromatic rings. The van der Waals surface area contributed by atoms with Crippen molar-refractivity contribution in [2.75, 3.05) is 18.4 Å². The van der Waals surface area contributed by atoms with Crippen LogP contribution in [0.1, 0.15) is 85.6 Å². The van der Waals surface area contributed by atoms with Crippen LogP contribution in [0.4, 0.5) is 5.95 Å². The molecule has 0 amide bonds. The predicted octanol–water partition coefficient (Wildman–Crippen LogP) is 8.04. The molecular weight excluding hydrogens is 635 g/mol. The van der Waals surface area contributed by atoms with E-state index in [1.54, 1.807) is 12.1 Å². The zero-order valence-electron chi connectivity index (χ0n) is 29.4. The van der Waals surface area contributed by atoms with Gasteiger partial charge in [0.2, 0.25) is 11.8 Å². The molecule has 1 aliphatic rings. The molecule has 1 aliphatic carbocycles. The number of ether oxygens (including phenoxy) is 1. The van der Waals surface area contributed by atoms with Crippen LogP contribution in [-0.4, -0.2) is 54.3 Å². The van der Waals surface area contributed by atoms with E-state index in [2.05, 4.69) is 65.6 Å². The van der Waals surface area contributed by atoms with E-state index in [-0.39, 0.29) is 33.7 Å². The molecule has 1 atom stereocenters. The van der Waals surface area contributed by atoms with Crippen molar-refractivity contribution >= 4 is 27.8 Å². The van der Waals surface area contributed by atoms with Crippen LogP contribution in [0.15, 0.2) is 77.8 Å². The van der Waals surface area contributed by atoms with Crippen LogP contribution in [0.5, 0.6) is 5.88 Å². The Bertz CT molecular complexity index is 1900. The number of aromatic nitrogens is 3. The van der Waals surface area contributed by atoms with Crippen LogP contribution in [0.25, 0.3) is 16.8 Å². The van der Waals surface area contributed by atoms with E-state index in [9.17, 15) is 13.2 Å². The van der Waals surface area contributed by atoms with Crippen LogP contribution in [-0.2, 0) is 16.6 Å². The van der Waals surface area contributed by atoms with Crippen molar-refractivity contribution in [3.8, 4) is 17.1 Å². The molecule has 0 fully saturated rings. The summed E-state index contributed by atoms with van der Waals surface area (Å²) in [5.74, 6) is 0.132. The number of aldehydes is 1. The highest BCUT2D eigenvalue weighted by Gasteiger charge is 2.25. The van der Waals surface area contributed by atoms with Gasteiger partial charge in [0.05, 0.1) is 16.3 Å². The summed E-state index contributed by atoms with van der Waals surface area (Å²) in [5.41, 5.74) is 7.22. The number of anilines is 1. The average Bonchev–Trinajstić information content (AvgIpc) is 3.06. The summed E-state index contributed by atoms with van der Waals surface area (Å²) in [7, 11) is -2.03. The Morgan fingerprint density at radius 1 is 1.00 bits per heavy atom. The lowest BCUT2D eigenvalue weighted by molar-refractivity contribution is 0.112. The Morgan fingerprint density at radius 3 is 2.41 bits per heavy atom. The third kappa shape index (κ3) is 9.61. The minimum Gasteiger partial charge on any atom is -0.476 e. The summed E-state index contributed by atoms with van der Waals surface area (Å²) in [6, 6.07) is 17.8. The second-order valence-corrected chi connectivity index (χ2v) is 15.8. The van der Waals surface area contributed by atoms with E-state index in [1.807, 2.05) is 38.2 Å². The second kappa shape index (κ2) is 15.4. The highest BCUT2D eigenvalue weighted by atomic mass is 32.2. The first-order valence-electron chi connectivity index (χ1n) is 16.8. The van der Waals surface area contributed by atoms with Gasteiger partial charge in [0.25, 0.3) is 10.0 Å². The summed E-state index contributed by atoms with van der Waals surface area (Å²) in [5, 5.41) is 0. The van der Waals surface area contributed by atoms with E-state index < -0.39 is 10.0 Å². The number of nitrogens with one attached hydrogen (secondary N) is 1. The zero-order valence-corrected chi connectivity index (χ0v) is 30.2. The molecule has 2 aromatic carbocycles. The highest BCUT2D eigenvalue weighted by Crippen LogP contribution is 2.31. The third-order valence-electron chi connectivity index (χ3n) is 8.76.